The van der Waals surface area contributed by atoms with Crippen LogP contribution in [0.4, 0.5) is 11.5 Å². The van der Waals surface area contributed by atoms with Crippen molar-refractivity contribution in [3.05, 3.63) is 51.5 Å². The summed E-state index contributed by atoms with van der Waals surface area (Å²) < 4.78 is 0. The first-order valence-corrected chi connectivity index (χ1v) is 5.11. The van der Waals surface area contributed by atoms with Crippen molar-refractivity contribution in [2.24, 2.45) is 0 Å². The lowest BCUT2D eigenvalue weighted by atomic mass is 10.2. The first-order chi connectivity index (χ1) is 7.66. The SMILES string of the molecule is Cc1cccc(Nc2nc[nH]c(=O)c2Cl)c1. The second-order valence-electron chi connectivity index (χ2n) is 3.39. The average Bonchev–Trinajstić information content (AvgIpc) is 2.25. The molecule has 0 bridgehead atoms. The highest BCUT2D eigenvalue weighted by atomic mass is 35.5. The van der Waals surface area contributed by atoms with Crippen molar-refractivity contribution in [3.63, 3.8) is 0 Å². The highest BCUT2D eigenvalue weighted by molar-refractivity contribution is 6.32. The maximum atomic E-state index is 11.2. The largest absolute Gasteiger partial charge is 0.339 e. The van der Waals surface area contributed by atoms with Crippen molar-refractivity contribution < 1.29 is 0 Å². The van der Waals surface area contributed by atoms with Crippen LogP contribution < -0.4 is 10.9 Å². The minimum atomic E-state index is -0.355. The lowest BCUT2D eigenvalue weighted by Gasteiger charge is -2.06. The minimum absolute atomic E-state index is 0.0593. The van der Waals surface area contributed by atoms with Gasteiger partial charge in [-0.25, -0.2) is 4.98 Å². The lowest BCUT2D eigenvalue weighted by Crippen LogP contribution is -2.09. The summed E-state index contributed by atoms with van der Waals surface area (Å²) in [6.45, 7) is 1.98. The predicted octanol–water partition coefficient (Wildman–Crippen LogP) is 2.48. The lowest BCUT2D eigenvalue weighted by molar-refractivity contribution is 1.12. The van der Waals surface area contributed by atoms with Gasteiger partial charge >= 0.3 is 0 Å². The van der Waals surface area contributed by atoms with Gasteiger partial charge in [0.1, 0.15) is 5.02 Å². The number of H-pyrrole nitrogens is 1. The third-order valence-corrected chi connectivity index (χ3v) is 2.43. The van der Waals surface area contributed by atoms with Gasteiger partial charge in [0.25, 0.3) is 5.56 Å². The molecule has 0 saturated carbocycles. The first kappa shape index (κ1) is 10.7. The number of nitrogens with zero attached hydrogens (tertiary/aromatic N) is 1. The molecule has 0 unspecified atom stereocenters. The van der Waals surface area contributed by atoms with E-state index >= 15 is 0 Å². The number of rotatable bonds is 2. The predicted molar refractivity (Wildman–Crippen MR) is 64.3 cm³/mol. The van der Waals surface area contributed by atoms with E-state index in [1.807, 2.05) is 31.2 Å². The average molecular weight is 236 g/mol. The Morgan fingerprint density at radius 1 is 1.44 bits per heavy atom. The molecule has 82 valence electrons. The highest BCUT2D eigenvalue weighted by Crippen LogP contribution is 2.19. The van der Waals surface area contributed by atoms with Gasteiger partial charge in [-0.15, -0.1) is 0 Å². The monoisotopic (exact) mass is 235 g/mol. The Labute approximate surface area is 97.3 Å². The number of aromatic nitrogens is 2. The summed E-state index contributed by atoms with van der Waals surface area (Å²) in [6.07, 6.45) is 1.31. The Balaban J connectivity index is 2.34. The molecule has 1 heterocycles. The van der Waals surface area contributed by atoms with Crippen LogP contribution in [0.5, 0.6) is 0 Å². The maximum Gasteiger partial charge on any atom is 0.271 e. The molecule has 1 aromatic heterocycles. The van der Waals surface area contributed by atoms with Gasteiger partial charge in [0.15, 0.2) is 5.82 Å². The van der Waals surface area contributed by atoms with Gasteiger partial charge in [0, 0.05) is 5.69 Å². The van der Waals surface area contributed by atoms with E-state index in [0.29, 0.717) is 5.82 Å². The van der Waals surface area contributed by atoms with Crippen molar-refractivity contribution in [2.45, 2.75) is 6.92 Å². The molecular formula is C11H10ClN3O. The zero-order chi connectivity index (χ0) is 11.5. The molecular weight excluding hydrogens is 226 g/mol. The van der Waals surface area contributed by atoms with Gasteiger partial charge < -0.3 is 10.3 Å². The van der Waals surface area contributed by atoms with Crippen LogP contribution in [0.1, 0.15) is 5.56 Å². The number of nitrogens with one attached hydrogen (secondary N) is 2. The molecule has 0 radical (unpaired) electrons. The Morgan fingerprint density at radius 3 is 3.00 bits per heavy atom. The molecule has 2 rings (SSSR count). The fraction of sp³-hybridized carbons (Fsp3) is 0.0909. The number of hydrogen-bond acceptors (Lipinski definition) is 3. The fourth-order valence-corrected chi connectivity index (χ4v) is 1.48. The zero-order valence-corrected chi connectivity index (χ0v) is 9.38. The molecule has 1 aromatic carbocycles. The molecule has 0 fully saturated rings. The summed E-state index contributed by atoms with van der Waals surface area (Å²) in [6, 6.07) is 7.72. The van der Waals surface area contributed by atoms with Crippen LogP contribution in [-0.4, -0.2) is 9.97 Å². The molecule has 2 N–H and O–H groups in total. The van der Waals surface area contributed by atoms with E-state index < -0.39 is 0 Å². The number of benzene rings is 1. The van der Waals surface area contributed by atoms with Crippen LogP contribution in [0.2, 0.25) is 5.02 Å². The van der Waals surface area contributed by atoms with Crippen molar-refractivity contribution in [2.75, 3.05) is 5.32 Å². The standard InChI is InChI=1S/C11H10ClN3O/c1-7-3-2-4-8(5-7)15-10-9(12)11(16)14-6-13-10/h2-6H,1H3,(H2,13,14,15,16). The van der Waals surface area contributed by atoms with E-state index in [1.165, 1.54) is 6.33 Å². The van der Waals surface area contributed by atoms with E-state index in [9.17, 15) is 4.79 Å². The molecule has 0 aliphatic carbocycles. The van der Waals surface area contributed by atoms with Crippen molar-refractivity contribution in [1.29, 1.82) is 0 Å². The summed E-state index contributed by atoms with van der Waals surface area (Å²) in [4.78, 5) is 17.6. The van der Waals surface area contributed by atoms with Gasteiger partial charge in [-0.1, -0.05) is 23.7 Å². The van der Waals surface area contributed by atoms with E-state index in [0.717, 1.165) is 11.3 Å². The highest BCUT2D eigenvalue weighted by Gasteiger charge is 2.05. The van der Waals surface area contributed by atoms with E-state index in [1.54, 1.807) is 0 Å². The Morgan fingerprint density at radius 2 is 2.25 bits per heavy atom. The number of hydrogen-bond donors (Lipinski definition) is 2. The summed E-state index contributed by atoms with van der Waals surface area (Å²) >= 11 is 5.81. The molecule has 5 heteroatoms. The van der Waals surface area contributed by atoms with E-state index in [4.69, 9.17) is 11.6 Å². The molecule has 0 aliphatic heterocycles. The van der Waals surface area contributed by atoms with Crippen LogP contribution in [-0.2, 0) is 0 Å². The van der Waals surface area contributed by atoms with Crippen LogP contribution in [0, 0.1) is 6.92 Å². The summed E-state index contributed by atoms with van der Waals surface area (Å²) in [7, 11) is 0. The van der Waals surface area contributed by atoms with E-state index in [2.05, 4.69) is 15.3 Å². The number of aromatic amines is 1. The van der Waals surface area contributed by atoms with Crippen LogP contribution in [0.15, 0.2) is 35.4 Å². The molecule has 0 aliphatic rings. The third kappa shape index (κ3) is 2.23. The summed E-state index contributed by atoms with van der Waals surface area (Å²) in [5, 5.41) is 3.05. The fourth-order valence-electron chi connectivity index (χ4n) is 1.33. The molecule has 0 saturated heterocycles. The van der Waals surface area contributed by atoms with Gasteiger partial charge in [0.2, 0.25) is 0 Å². The van der Waals surface area contributed by atoms with Crippen LogP contribution >= 0.6 is 11.6 Å². The quantitative estimate of drug-likeness (QED) is 0.841. The molecule has 0 amide bonds. The minimum Gasteiger partial charge on any atom is -0.339 e. The molecule has 0 spiro atoms. The Bertz CT molecular complexity index is 565. The van der Waals surface area contributed by atoms with Gasteiger partial charge in [-0.2, -0.15) is 0 Å². The maximum absolute atomic E-state index is 11.2. The normalized spacial score (nSPS) is 10.1. The third-order valence-electron chi connectivity index (χ3n) is 2.08. The molecule has 4 nitrogen and oxygen atoms in total. The van der Waals surface area contributed by atoms with Crippen LogP contribution in [0.25, 0.3) is 0 Å². The van der Waals surface area contributed by atoms with Gasteiger partial charge in [-0.3, -0.25) is 4.79 Å². The number of aryl methyl sites for hydroxylation is 1. The second-order valence-corrected chi connectivity index (χ2v) is 3.77. The molecule has 0 atom stereocenters. The molecule has 16 heavy (non-hydrogen) atoms. The first-order valence-electron chi connectivity index (χ1n) is 4.73. The zero-order valence-electron chi connectivity index (χ0n) is 8.62. The van der Waals surface area contributed by atoms with Crippen molar-refractivity contribution in [1.82, 2.24) is 9.97 Å². The smallest absolute Gasteiger partial charge is 0.271 e. The van der Waals surface area contributed by atoms with E-state index in [-0.39, 0.29) is 10.6 Å². The summed E-state index contributed by atoms with van der Waals surface area (Å²) in [5.41, 5.74) is 1.61. The number of halogens is 1. The Hall–Kier alpha value is -1.81. The summed E-state index contributed by atoms with van der Waals surface area (Å²) in [5.74, 6) is 0.357. The molecule has 2 aromatic rings. The van der Waals surface area contributed by atoms with Gasteiger partial charge in [-0.05, 0) is 24.6 Å². The van der Waals surface area contributed by atoms with Crippen LogP contribution in [0.3, 0.4) is 0 Å². The van der Waals surface area contributed by atoms with Gasteiger partial charge in [0.05, 0.1) is 6.33 Å². The Kier molecular flexibility index (Phi) is 2.92. The van der Waals surface area contributed by atoms with Crippen molar-refractivity contribution >= 4 is 23.1 Å². The topological polar surface area (TPSA) is 57.8 Å². The van der Waals surface area contributed by atoms with Crippen molar-refractivity contribution in [3.8, 4) is 0 Å². The second kappa shape index (κ2) is 4.37. The number of anilines is 2.